The molecule has 116 valence electrons. The third kappa shape index (κ3) is 6.08. The molecule has 1 atom stereocenters. The number of carbonyl (C=O) groups excluding carboxylic acids is 1. The van der Waals surface area contributed by atoms with E-state index < -0.39 is 0 Å². The van der Waals surface area contributed by atoms with Crippen LogP contribution in [0.3, 0.4) is 0 Å². The minimum absolute atomic E-state index is 0.0137. The Hall–Kier alpha value is -1.69. The molecule has 0 bridgehead atoms. The number of aryl methyl sites for hydroxylation is 1. The maximum atomic E-state index is 10.8. The Labute approximate surface area is 126 Å². The first-order valence-electron chi connectivity index (χ1n) is 7.76. The number of hydrogen-bond acceptors (Lipinski definition) is 5. The fourth-order valence-corrected chi connectivity index (χ4v) is 2.55. The van der Waals surface area contributed by atoms with Crippen LogP contribution in [0.4, 0.5) is 5.82 Å². The van der Waals surface area contributed by atoms with Gasteiger partial charge in [0, 0.05) is 37.8 Å². The lowest BCUT2D eigenvalue weighted by atomic mass is 10.00. The highest BCUT2D eigenvalue weighted by atomic mass is 16.1. The summed E-state index contributed by atoms with van der Waals surface area (Å²) in [6.07, 6.45) is 7.60. The van der Waals surface area contributed by atoms with Gasteiger partial charge in [0.15, 0.2) is 0 Å². The van der Waals surface area contributed by atoms with E-state index >= 15 is 0 Å². The number of nitrogens with one attached hydrogen (secondary N) is 3. The summed E-state index contributed by atoms with van der Waals surface area (Å²) in [5, 5.41) is 9.50. The Morgan fingerprint density at radius 3 is 3.05 bits per heavy atom. The van der Waals surface area contributed by atoms with Gasteiger partial charge in [-0.05, 0) is 32.2 Å². The molecule has 0 saturated carbocycles. The van der Waals surface area contributed by atoms with Gasteiger partial charge >= 0.3 is 0 Å². The number of hydrogen-bond donors (Lipinski definition) is 3. The van der Waals surface area contributed by atoms with Crippen molar-refractivity contribution in [3.05, 3.63) is 18.1 Å². The molecule has 6 nitrogen and oxygen atoms in total. The molecule has 0 radical (unpaired) electrons. The Morgan fingerprint density at radius 1 is 1.38 bits per heavy atom. The highest BCUT2D eigenvalue weighted by molar-refractivity contribution is 5.72. The van der Waals surface area contributed by atoms with E-state index in [2.05, 4.69) is 25.9 Å². The first kappa shape index (κ1) is 15.7. The van der Waals surface area contributed by atoms with E-state index in [-0.39, 0.29) is 5.91 Å². The van der Waals surface area contributed by atoms with E-state index in [1.165, 1.54) is 26.2 Å². The van der Waals surface area contributed by atoms with Gasteiger partial charge in [-0.1, -0.05) is 6.42 Å². The molecule has 1 amide bonds. The molecule has 1 aromatic rings. The average Bonchev–Trinajstić information content (AvgIpc) is 2.51. The van der Waals surface area contributed by atoms with Gasteiger partial charge in [0.2, 0.25) is 5.91 Å². The molecule has 1 aliphatic heterocycles. The lowest BCUT2D eigenvalue weighted by Crippen LogP contribution is -2.34. The second-order valence-electron chi connectivity index (χ2n) is 5.49. The summed E-state index contributed by atoms with van der Waals surface area (Å²) in [6.45, 7) is 3.92. The maximum absolute atomic E-state index is 10.8. The standard InChI is InChI=1S/C15H25N5O/c1-12(21)16-8-9-18-15-10-14(19-11-20-15)6-5-13-4-2-3-7-17-13/h10-11,13,17H,2-9H2,1H3,(H,16,21)(H,18,19,20). The number of piperidine rings is 1. The van der Waals surface area contributed by atoms with E-state index in [9.17, 15) is 4.79 Å². The number of aromatic nitrogens is 2. The van der Waals surface area contributed by atoms with Crippen molar-refractivity contribution in [1.82, 2.24) is 20.6 Å². The Morgan fingerprint density at radius 2 is 2.29 bits per heavy atom. The molecular formula is C15H25N5O. The number of rotatable bonds is 7. The summed E-state index contributed by atoms with van der Waals surface area (Å²) in [7, 11) is 0. The lowest BCUT2D eigenvalue weighted by Gasteiger charge is -2.23. The predicted molar refractivity (Wildman–Crippen MR) is 83.2 cm³/mol. The zero-order valence-corrected chi connectivity index (χ0v) is 12.7. The summed E-state index contributed by atoms with van der Waals surface area (Å²) in [6, 6.07) is 2.63. The molecule has 1 unspecified atom stereocenters. The fourth-order valence-electron chi connectivity index (χ4n) is 2.55. The number of carbonyl (C=O) groups is 1. The summed E-state index contributed by atoms with van der Waals surface area (Å²) >= 11 is 0. The van der Waals surface area contributed by atoms with Crippen LogP contribution in [0.25, 0.3) is 0 Å². The second-order valence-corrected chi connectivity index (χ2v) is 5.49. The Balaban J connectivity index is 1.73. The van der Waals surface area contributed by atoms with Crippen LogP contribution in [-0.2, 0) is 11.2 Å². The monoisotopic (exact) mass is 291 g/mol. The van der Waals surface area contributed by atoms with Gasteiger partial charge in [-0.25, -0.2) is 9.97 Å². The molecule has 3 N–H and O–H groups in total. The SMILES string of the molecule is CC(=O)NCCNc1cc(CCC2CCCCN2)ncn1. The number of amides is 1. The van der Waals surface area contributed by atoms with Crippen molar-refractivity contribution in [3.8, 4) is 0 Å². The van der Waals surface area contributed by atoms with Gasteiger partial charge in [-0.15, -0.1) is 0 Å². The van der Waals surface area contributed by atoms with Crippen LogP contribution in [0.1, 0.15) is 38.3 Å². The molecule has 6 heteroatoms. The molecular weight excluding hydrogens is 266 g/mol. The lowest BCUT2D eigenvalue weighted by molar-refractivity contribution is -0.118. The highest BCUT2D eigenvalue weighted by Crippen LogP contribution is 2.13. The first-order chi connectivity index (χ1) is 10.2. The minimum atomic E-state index is -0.0137. The van der Waals surface area contributed by atoms with Crippen molar-refractivity contribution in [2.24, 2.45) is 0 Å². The molecule has 0 aliphatic carbocycles. The van der Waals surface area contributed by atoms with E-state index in [1.807, 2.05) is 6.07 Å². The molecule has 1 aromatic heterocycles. The molecule has 1 saturated heterocycles. The largest absolute Gasteiger partial charge is 0.368 e. The zero-order valence-electron chi connectivity index (χ0n) is 12.7. The van der Waals surface area contributed by atoms with Crippen LogP contribution in [0, 0.1) is 0 Å². The molecule has 1 aliphatic rings. The van der Waals surface area contributed by atoms with Crippen LogP contribution in [0.5, 0.6) is 0 Å². The van der Waals surface area contributed by atoms with Gasteiger partial charge in [-0.2, -0.15) is 0 Å². The molecule has 1 fully saturated rings. The second kappa shape index (κ2) is 8.56. The fraction of sp³-hybridized carbons (Fsp3) is 0.667. The summed E-state index contributed by atoms with van der Waals surface area (Å²) < 4.78 is 0. The molecule has 2 rings (SSSR count). The van der Waals surface area contributed by atoms with Crippen LogP contribution >= 0.6 is 0 Å². The van der Waals surface area contributed by atoms with Crippen LogP contribution < -0.4 is 16.0 Å². The third-order valence-corrected chi connectivity index (χ3v) is 3.69. The molecule has 21 heavy (non-hydrogen) atoms. The molecule has 0 aromatic carbocycles. The minimum Gasteiger partial charge on any atom is -0.368 e. The highest BCUT2D eigenvalue weighted by Gasteiger charge is 2.12. The normalized spacial score (nSPS) is 18.2. The van der Waals surface area contributed by atoms with Crippen LogP contribution in [0.2, 0.25) is 0 Å². The quantitative estimate of drug-likeness (QED) is 0.656. The number of anilines is 1. The van der Waals surface area contributed by atoms with Gasteiger partial charge in [0.05, 0.1) is 0 Å². The predicted octanol–water partition coefficient (Wildman–Crippen LogP) is 1.10. The average molecular weight is 291 g/mol. The van der Waals surface area contributed by atoms with E-state index in [0.29, 0.717) is 19.1 Å². The van der Waals surface area contributed by atoms with Crippen LogP contribution in [0.15, 0.2) is 12.4 Å². The summed E-state index contributed by atoms with van der Waals surface area (Å²) in [4.78, 5) is 19.3. The van der Waals surface area contributed by atoms with Gasteiger partial charge in [0.1, 0.15) is 12.1 Å². The van der Waals surface area contributed by atoms with Gasteiger partial charge in [-0.3, -0.25) is 4.79 Å². The van der Waals surface area contributed by atoms with E-state index in [1.54, 1.807) is 6.33 Å². The van der Waals surface area contributed by atoms with E-state index in [4.69, 9.17) is 0 Å². The molecule has 2 heterocycles. The van der Waals surface area contributed by atoms with Crippen molar-refractivity contribution >= 4 is 11.7 Å². The van der Waals surface area contributed by atoms with Crippen molar-refractivity contribution in [2.75, 3.05) is 25.0 Å². The summed E-state index contributed by atoms with van der Waals surface area (Å²) in [5.41, 5.74) is 1.07. The zero-order chi connectivity index (χ0) is 14.9. The molecule has 0 spiro atoms. The van der Waals surface area contributed by atoms with Crippen molar-refractivity contribution in [1.29, 1.82) is 0 Å². The van der Waals surface area contributed by atoms with Crippen LogP contribution in [-0.4, -0.2) is 41.6 Å². The number of nitrogens with zero attached hydrogens (tertiary/aromatic N) is 2. The van der Waals surface area contributed by atoms with Crippen molar-refractivity contribution in [2.45, 2.75) is 45.1 Å². The Bertz CT molecular complexity index is 445. The maximum Gasteiger partial charge on any atom is 0.216 e. The topological polar surface area (TPSA) is 78.9 Å². The third-order valence-electron chi connectivity index (χ3n) is 3.69. The van der Waals surface area contributed by atoms with E-state index in [0.717, 1.165) is 30.9 Å². The summed E-state index contributed by atoms with van der Waals surface area (Å²) in [5.74, 6) is 0.808. The first-order valence-corrected chi connectivity index (χ1v) is 7.76. The smallest absolute Gasteiger partial charge is 0.216 e. The van der Waals surface area contributed by atoms with Crippen molar-refractivity contribution in [3.63, 3.8) is 0 Å². The Kier molecular flexibility index (Phi) is 6.40. The van der Waals surface area contributed by atoms with Gasteiger partial charge in [0.25, 0.3) is 0 Å². The van der Waals surface area contributed by atoms with Crippen molar-refractivity contribution < 1.29 is 4.79 Å². The van der Waals surface area contributed by atoms with Gasteiger partial charge < -0.3 is 16.0 Å².